The first-order chi connectivity index (χ1) is 7.74. The van der Waals surface area contributed by atoms with Gasteiger partial charge in [-0.25, -0.2) is 0 Å². The van der Waals surface area contributed by atoms with E-state index in [1.165, 1.54) is 32.4 Å². The van der Waals surface area contributed by atoms with Crippen LogP contribution in [0.2, 0.25) is 0 Å². The third kappa shape index (κ3) is 3.32. The molecule has 1 saturated heterocycles. The number of rotatable bonds is 3. The molecule has 1 aliphatic heterocycles. The summed E-state index contributed by atoms with van der Waals surface area (Å²) in [6, 6.07) is 2.62. The molecule has 1 N–H and O–H groups in total. The lowest BCUT2D eigenvalue weighted by molar-refractivity contribution is 0.335. The number of nitrogens with zero attached hydrogens (tertiary/aromatic N) is 2. The van der Waals surface area contributed by atoms with Gasteiger partial charge in [0.1, 0.15) is 0 Å². The van der Waals surface area contributed by atoms with Crippen molar-refractivity contribution in [3.8, 4) is 0 Å². The van der Waals surface area contributed by atoms with Crippen LogP contribution in [0.5, 0.6) is 0 Å². The Morgan fingerprint density at radius 1 is 1.50 bits per heavy atom. The molecule has 1 unspecified atom stereocenters. The van der Waals surface area contributed by atoms with Crippen molar-refractivity contribution in [2.45, 2.75) is 38.8 Å². The smallest absolute Gasteiger partial charge is 0.150 e. The van der Waals surface area contributed by atoms with Crippen LogP contribution in [-0.4, -0.2) is 36.2 Å². The van der Waals surface area contributed by atoms with Crippen LogP contribution in [0.15, 0.2) is 10.6 Å². The van der Waals surface area contributed by atoms with Crippen molar-refractivity contribution in [2.75, 3.05) is 20.1 Å². The summed E-state index contributed by atoms with van der Waals surface area (Å²) in [4.78, 5) is 2.40. The second-order valence-electron chi connectivity index (χ2n) is 4.75. The summed E-state index contributed by atoms with van der Waals surface area (Å²) in [6.45, 7) is 5.16. The van der Waals surface area contributed by atoms with Crippen molar-refractivity contribution >= 4 is 0 Å². The zero-order valence-electron chi connectivity index (χ0n) is 10.2. The largest absolute Gasteiger partial charge is 0.360 e. The highest BCUT2D eigenvalue weighted by Gasteiger charge is 2.14. The van der Waals surface area contributed by atoms with E-state index in [0.717, 1.165) is 18.0 Å². The maximum Gasteiger partial charge on any atom is 0.150 e. The summed E-state index contributed by atoms with van der Waals surface area (Å²) in [5.74, 6) is 0.940. The van der Waals surface area contributed by atoms with Crippen molar-refractivity contribution in [1.29, 1.82) is 0 Å². The average molecular weight is 223 g/mol. The van der Waals surface area contributed by atoms with E-state index in [-0.39, 0.29) is 0 Å². The maximum absolute atomic E-state index is 5.18. The predicted molar refractivity (Wildman–Crippen MR) is 63.2 cm³/mol. The number of likely N-dealkylation sites (tertiary alicyclic amines) is 1. The van der Waals surface area contributed by atoms with Gasteiger partial charge in [-0.15, -0.1) is 0 Å². The molecule has 2 rings (SSSR count). The van der Waals surface area contributed by atoms with E-state index in [4.69, 9.17) is 4.52 Å². The highest BCUT2D eigenvalue weighted by atomic mass is 16.5. The molecule has 1 atom stereocenters. The van der Waals surface area contributed by atoms with Crippen LogP contribution in [0.4, 0.5) is 0 Å². The van der Waals surface area contributed by atoms with Crippen LogP contribution in [0.25, 0.3) is 0 Å². The van der Waals surface area contributed by atoms with Gasteiger partial charge in [-0.05, 0) is 46.3 Å². The molecule has 90 valence electrons. The number of nitrogens with one attached hydrogen (secondary N) is 1. The molecule has 4 nitrogen and oxygen atoms in total. The molecule has 1 aromatic heterocycles. The second-order valence-corrected chi connectivity index (χ2v) is 4.75. The summed E-state index contributed by atoms with van der Waals surface area (Å²) in [5, 5.41) is 7.44. The molecule has 1 aliphatic rings. The first-order valence-electron chi connectivity index (χ1n) is 6.08. The van der Waals surface area contributed by atoms with Crippen molar-refractivity contribution in [1.82, 2.24) is 15.4 Å². The van der Waals surface area contributed by atoms with Crippen LogP contribution >= 0.6 is 0 Å². The van der Waals surface area contributed by atoms with Crippen molar-refractivity contribution < 1.29 is 4.52 Å². The molecule has 1 fully saturated rings. The molecule has 0 spiro atoms. The van der Waals surface area contributed by atoms with Gasteiger partial charge in [0.05, 0.1) is 12.2 Å². The summed E-state index contributed by atoms with van der Waals surface area (Å²) in [7, 11) is 2.20. The Balaban J connectivity index is 1.77. The van der Waals surface area contributed by atoms with Crippen LogP contribution < -0.4 is 5.32 Å². The quantitative estimate of drug-likeness (QED) is 0.844. The average Bonchev–Trinajstić information content (AvgIpc) is 2.56. The zero-order valence-corrected chi connectivity index (χ0v) is 10.2. The van der Waals surface area contributed by atoms with E-state index in [2.05, 4.69) is 22.4 Å². The van der Waals surface area contributed by atoms with Crippen molar-refractivity contribution in [3.05, 3.63) is 17.5 Å². The number of hydrogen-bond donors (Lipinski definition) is 1. The topological polar surface area (TPSA) is 41.3 Å². The van der Waals surface area contributed by atoms with Gasteiger partial charge < -0.3 is 14.7 Å². The Morgan fingerprint density at radius 3 is 3.12 bits per heavy atom. The molecule has 1 aromatic rings. The van der Waals surface area contributed by atoms with Crippen molar-refractivity contribution in [2.24, 2.45) is 0 Å². The fourth-order valence-electron chi connectivity index (χ4n) is 2.19. The molecule has 2 heterocycles. The van der Waals surface area contributed by atoms with E-state index >= 15 is 0 Å². The minimum atomic E-state index is 0.621. The number of aryl methyl sites for hydroxylation is 1. The Hall–Kier alpha value is -0.870. The van der Waals surface area contributed by atoms with E-state index < -0.39 is 0 Å². The Labute approximate surface area is 97.0 Å². The lowest BCUT2D eigenvalue weighted by Gasteiger charge is -2.15. The van der Waals surface area contributed by atoms with Crippen LogP contribution in [-0.2, 0) is 6.54 Å². The van der Waals surface area contributed by atoms with E-state index in [1.54, 1.807) is 0 Å². The van der Waals surface area contributed by atoms with Gasteiger partial charge in [0.15, 0.2) is 5.76 Å². The van der Waals surface area contributed by atoms with Gasteiger partial charge >= 0.3 is 0 Å². The molecule has 0 aromatic carbocycles. The van der Waals surface area contributed by atoms with E-state index in [1.807, 2.05) is 13.0 Å². The molecular formula is C12H21N3O. The van der Waals surface area contributed by atoms with E-state index in [9.17, 15) is 0 Å². The lowest BCUT2D eigenvalue weighted by Crippen LogP contribution is -2.29. The molecule has 0 bridgehead atoms. The summed E-state index contributed by atoms with van der Waals surface area (Å²) >= 11 is 0. The van der Waals surface area contributed by atoms with Gasteiger partial charge in [0.2, 0.25) is 0 Å². The van der Waals surface area contributed by atoms with Gasteiger partial charge in [-0.2, -0.15) is 0 Å². The summed E-state index contributed by atoms with van der Waals surface area (Å²) in [6.07, 6.45) is 3.77. The number of aromatic nitrogens is 1. The molecular weight excluding hydrogens is 202 g/mol. The lowest BCUT2D eigenvalue weighted by atomic mass is 10.1. The first kappa shape index (κ1) is 11.6. The van der Waals surface area contributed by atoms with Gasteiger partial charge in [0.25, 0.3) is 0 Å². The summed E-state index contributed by atoms with van der Waals surface area (Å²) < 4.78 is 5.18. The fraction of sp³-hybridized carbons (Fsp3) is 0.750. The predicted octanol–water partition coefficient (Wildman–Crippen LogP) is 1.56. The summed E-state index contributed by atoms with van der Waals surface area (Å²) in [5.41, 5.74) is 0.956. The minimum Gasteiger partial charge on any atom is -0.360 e. The highest BCUT2D eigenvalue weighted by Crippen LogP contribution is 2.10. The molecule has 0 saturated carbocycles. The molecule has 0 amide bonds. The van der Waals surface area contributed by atoms with Crippen molar-refractivity contribution in [3.63, 3.8) is 0 Å². The van der Waals surface area contributed by atoms with Crippen LogP contribution in [0.3, 0.4) is 0 Å². The Bertz CT molecular complexity index is 324. The van der Waals surface area contributed by atoms with Gasteiger partial charge in [-0.1, -0.05) is 5.16 Å². The third-order valence-electron chi connectivity index (χ3n) is 3.19. The monoisotopic (exact) mass is 223 g/mol. The molecule has 4 heteroatoms. The van der Waals surface area contributed by atoms with Gasteiger partial charge in [-0.3, -0.25) is 0 Å². The van der Waals surface area contributed by atoms with Crippen LogP contribution in [0, 0.1) is 6.92 Å². The Kier molecular flexibility index (Phi) is 3.96. The zero-order chi connectivity index (χ0) is 11.4. The molecule has 0 aliphatic carbocycles. The standard InChI is InChI=1S/C12H21N3O/c1-10-8-12(16-14-10)9-13-11-4-3-6-15(2)7-5-11/h8,11,13H,3-7,9H2,1-2H3. The fourth-order valence-corrected chi connectivity index (χ4v) is 2.19. The maximum atomic E-state index is 5.18. The SMILES string of the molecule is Cc1cc(CNC2CCCN(C)CC2)on1. The molecule has 0 radical (unpaired) electrons. The van der Waals surface area contributed by atoms with Crippen LogP contribution in [0.1, 0.15) is 30.7 Å². The highest BCUT2D eigenvalue weighted by molar-refractivity contribution is 5.02. The third-order valence-corrected chi connectivity index (χ3v) is 3.19. The molecule has 16 heavy (non-hydrogen) atoms. The second kappa shape index (κ2) is 5.46. The number of hydrogen-bond acceptors (Lipinski definition) is 4. The normalized spacial score (nSPS) is 23.2. The van der Waals surface area contributed by atoms with Gasteiger partial charge in [0, 0.05) is 12.1 Å². The first-order valence-corrected chi connectivity index (χ1v) is 6.08. The Morgan fingerprint density at radius 2 is 2.38 bits per heavy atom. The minimum absolute atomic E-state index is 0.621. The van der Waals surface area contributed by atoms with E-state index in [0.29, 0.717) is 6.04 Å².